The highest BCUT2D eigenvalue weighted by Gasteiger charge is 2.19. The molecule has 5 heteroatoms. The summed E-state index contributed by atoms with van der Waals surface area (Å²) in [7, 11) is 0. The third-order valence-corrected chi connectivity index (χ3v) is 3.49. The summed E-state index contributed by atoms with van der Waals surface area (Å²) in [5.74, 6) is 1.24. The summed E-state index contributed by atoms with van der Waals surface area (Å²) in [5.41, 5.74) is 7.87. The lowest BCUT2D eigenvalue weighted by atomic mass is 10.0. The minimum absolute atomic E-state index is 0.448. The Balaban J connectivity index is 2.40. The average Bonchev–Trinajstić information content (AvgIpc) is 2.79. The van der Waals surface area contributed by atoms with Crippen LogP contribution in [0.3, 0.4) is 0 Å². The van der Waals surface area contributed by atoms with Gasteiger partial charge in [0, 0.05) is 11.1 Å². The number of nitrogens with two attached hydrogens (primary N) is 1. The number of hydrogen-bond donors (Lipinski definition) is 1. The molecule has 2 N–H and O–H groups in total. The molecule has 0 amide bonds. The molecule has 0 fully saturated rings. The van der Waals surface area contributed by atoms with Gasteiger partial charge in [0.2, 0.25) is 0 Å². The van der Waals surface area contributed by atoms with E-state index < -0.39 is 6.04 Å². The Labute approximate surface area is 122 Å². The minimum Gasteiger partial charge on any atom is -0.492 e. The molecule has 1 atom stereocenters. The summed E-state index contributed by atoms with van der Waals surface area (Å²) in [4.78, 5) is 0. The van der Waals surface area contributed by atoms with Gasteiger partial charge in [-0.2, -0.15) is 0 Å². The van der Waals surface area contributed by atoms with Gasteiger partial charge in [-0.1, -0.05) is 23.2 Å². The first-order chi connectivity index (χ1) is 9.04. The zero-order chi connectivity index (χ0) is 14.0. The summed E-state index contributed by atoms with van der Waals surface area (Å²) in [6, 6.07) is 4.82. The van der Waals surface area contributed by atoms with Gasteiger partial charge in [-0.3, -0.25) is 0 Å². The van der Waals surface area contributed by atoms with Crippen LogP contribution < -0.4 is 10.5 Å². The standard InChI is InChI=1S/C14H15Cl2NO2/c1-3-18-12-7-10(15)9(6-11(12)16)13(17)14-8(2)4-5-19-14/h4-7,13H,3,17H2,1-2H3. The van der Waals surface area contributed by atoms with Crippen LogP contribution in [0.2, 0.25) is 10.0 Å². The second-order valence-corrected chi connectivity index (χ2v) is 5.00. The highest BCUT2D eigenvalue weighted by Crippen LogP contribution is 2.36. The highest BCUT2D eigenvalue weighted by atomic mass is 35.5. The zero-order valence-corrected chi connectivity index (χ0v) is 12.3. The van der Waals surface area contributed by atoms with Crippen molar-refractivity contribution in [1.29, 1.82) is 0 Å². The van der Waals surface area contributed by atoms with E-state index in [0.29, 0.717) is 33.7 Å². The monoisotopic (exact) mass is 299 g/mol. The van der Waals surface area contributed by atoms with Crippen LogP contribution in [0, 0.1) is 6.92 Å². The van der Waals surface area contributed by atoms with Crippen molar-refractivity contribution in [3.63, 3.8) is 0 Å². The fourth-order valence-electron chi connectivity index (χ4n) is 1.89. The molecule has 0 aliphatic heterocycles. The van der Waals surface area contributed by atoms with Crippen LogP contribution in [0.25, 0.3) is 0 Å². The van der Waals surface area contributed by atoms with Gasteiger partial charge >= 0.3 is 0 Å². The molecule has 1 heterocycles. The van der Waals surface area contributed by atoms with Gasteiger partial charge in [-0.15, -0.1) is 0 Å². The van der Waals surface area contributed by atoms with Crippen LogP contribution in [-0.4, -0.2) is 6.61 Å². The second-order valence-electron chi connectivity index (χ2n) is 4.18. The fraction of sp³-hybridized carbons (Fsp3) is 0.286. The SMILES string of the molecule is CCOc1cc(Cl)c(C(N)c2occc2C)cc1Cl. The van der Waals surface area contributed by atoms with Gasteiger partial charge in [-0.05, 0) is 37.1 Å². The highest BCUT2D eigenvalue weighted by molar-refractivity contribution is 6.34. The van der Waals surface area contributed by atoms with E-state index in [1.807, 2.05) is 19.9 Å². The van der Waals surface area contributed by atoms with Crippen LogP contribution in [0.5, 0.6) is 5.75 Å². The van der Waals surface area contributed by atoms with Gasteiger partial charge < -0.3 is 14.9 Å². The van der Waals surface area contributed by atoms with Crippen molar-refractivity contribution < 1.29 is 9.15 Å². The molecule has 0 aliphatic rings. The zero-order valence-electron chi connectivity index (χ0n) is 10.7. The maximum Gasteiger partial charge on any atom is 0.139 e. The first kappa shape index (κ1) is 14.3. The van der Waals surface area contributed by atoms with Crippen LogP contribution in [-0.2, 0) is 0 Å². The van der Waals surface area contributed by atoms with Crippen molar-refractivity contribution in [1.82, 2.24) is 0 Å². The van der Waals surface area contributed by atoms with Gasteiger partial charge in [0.15, 0.2) is 0 Å². The Morgan fingerprint density at radius 3 is 2.63 bits per heavy atom. The van der Waals surface area contributed by atoms with Crippen molar-refractivity contribution in [3.8, 4) is 5.75 Å². The van der Waals surface area contributed by atoms with Crippen LogP contribution in [0.1, 0.15) is 29.9 Å². The van der Waals surface area contributed by atoms with Crippen molar-refractivity contribution in [3.05, 3.63) is 51.4 Å². The quantitative estimate of drug-likeness (QED) is 0.913. The molecule has 2 aromatic rings. The average molecular weight is 300 g/mol. The molecule has 102 valence electrons. The molecule has 0 aliphatic carbocycles. The molecule has 0 spiro atoms. The Bertz CT molecular complexity index is 581. The third-order valence-electron chi connectivity index (χ3n) is 2.87. The lowest BCUT2D eigenvalue weighted by Crippen LogP contribution is -2.13. The largest absolute Gasteiger partial charge is 0.492 e. The molecule has 1 aromatic carbocycles. The molecule has 1 aromatic heterocycles. The van der Waals surface area contributed by atoms with E-state index in [2.05, 4.69) is 0 Å². The minimum atomic E-state index is -0.448. The normalized spacial score (nSPS) is 12.5. The first-order valence-corrected chi connectivity index (χ1v) is 6.71. The van der Waals surface area contributed by atoms with E-state index in [-0.39, 0.29) is 0 Å². The Kier molecular flexibility index (Phi) is 4.40. The van der Waals surface area contributed by atoms with Crippen LogP contribution in [0.15, 0.2) is 28.9 Å². The number of furan rings is 1. The number of rotatable bonds is 4. The first-order valence-electron chi connectivity index (χ1n) is 5.96. The van der Waals surface area contributed by atoms with Crippen molar-refractivity contribution in [2.75, 3.05) is 6.61 Å². The summed E-state index contributed by atoms with van der Waals surface area (Å²) < 4.78 is 10.8. The molecule has 0 bridgehead atoms. The molecule has 0 saturated heterocycles. The predicted octanol–water partition coefficient (Wildman–Crippen LogP) is 4.34. The van der Waals surface area contributed by atoms with Gasteiger partial charge in [-0.25, -0.2) is 0 Å². The molecular weight excluding hydrogens is 285 g/mol. The van der Waals surface area contributed by atoms with E-state index in [1.165, 1.54) is 0 Å². The Hall–Kier alpha value is -1.16. The van der Waals surface area contributed by atoms with E-state index >= 15 is 0 Å². The molecule has 2 rings (SSSR count). The topological polar surface area (TPSA) is 48.4 Å². The summed E-state index contributed by atoms with van der Waals surface area (Å²) in [5, 5.41) is 0.997. The molecule has 0 saturated carbocycles. The number of halogens is 2. The Morgan fingerprint density at radius 2 is 2.05 bits per heavy atom. The van der Waals surface area contributed by atoms with Gasteiger partial charge in [0.25, 0.3) is 0 Å². The maximum atomic E-state index is 6.24. The molecule has 0 radical (unpaired) electrons. The summed E-state index contributed by atoms with van der Waals surface area (Å²) >= 11 is 12.4. The smallest absolute Gasteiger partial charge is 0.139 e. The second kappa shape index (κ2) is 5.87. The lowest BCUT2D eigenvalue weighted by molar-refractivity contribution is 0.340. The van der Waals surface area contributed by atoms with E-state index in [1.54, 1.807) is 18.4 Å². The Morgan fingerprint density at radius 1 is 1.32 bits per heavy atom. The molecule has 3 nitrogen and oxygen atoms in total. The maximum absolute atomic E-state index is 6.24. The van der Waals surface area contributed by atoms with Gasteiger partial charge in [0.1, 0.15) is 11.5 Å². The van der Waals surface area contributed by atoms with E-state index in [9.17, 15) is 0 Å². The number of ether oxygens (including phenoxy) is 1. The number of benzene rings is 1. The van der Waals surface area contributed by atoms with Gasteiger partial charge in [0.05, 0.1) is 23.9 Å². The predicted molar refractivity (Wildman–Crippen MR) is 77.1 cm³/mol. The third kappa shape index (κ3) is 2.89. The van der Waals surface area contributed by atoms with E-state index in [4.69, 9.17) is 38.1 Å². The van der Waals surface area contributed by atoms with Crippen LogP contribution in [0.4, 0.5) is 0 Å². The van der Waals surface area contributed by atoms with E-state index in [0.717, 1.165) is 5.56 Å². The lowest BCUT2D eigenvalue weighted by Gasteiger charge is -2.15. The van der Waals surface area contributed by atoms with Crippen molar-refractivity contribution in [2.24, 2.45) is 5.73 Å². The molecular formula is C14H15Cl2NO2. The number of aryl methyl sites for hydroxylation is 1. The molecule has 1 unspecified atom stereocenters. The fourth-order valence-corrected chi connectivity index (χ4v) is 2.39. The van der Waals surface area contributed by atoms with Crippen molar-refractivity contribution >= 4 is 23.2 Å². The summed E-state index contributed by atoms with van der Waals surface area (Å²) in [6.07, 6.45) is 1.61. The molecule has 19 heavy (non-hydrogen) atoms. The van der Waals surface area contributed by atoms with Crippen molar-refractivity contribution in [2.45, 2.75) is 19.9 Å². The number of hydrogen-bond acceptors (Lipinski definition) is 3. The summed E-state index contributed by atoms with van der Waals surface area (Å²) in [6.45, 7) is 4.34. The van der Waals surface area contributed by atoms with Crippen LogP contribution >= 0.6 is 23.2 Å².